The van der Waals surface area contributed by atoms with E-state index in [-0.39, 0.29) is 29.9 Å². The molecule has 2 heterocycles. The van der Waals surface area contributed by atoms with Gasteiger partial charge in [-0.2, -0.15) is 0 Å². The van der Waals surface area contributed by atoms with Crippen LogP contribution in [0.3, 0.4) is 0 Å². The number of hydrogen-bond donors (Lipinski definition) is 3. The van der Waals surface area contributed by atoms with E-state index in [1.807, 2.05) is 0 Å². The molecule has 10 heteroatoms. The van der Waals surface area contributed by atoms with Gasteiger partial charge in [0.1, 0.15) is 29.5 Å². The molecule has 4 N–H and O–H groups in total. The maximum Gasteiger partial charge on any atom is 0.251 e. The van der Waals surface area contributed by atoms with Crippen molar-refractivity contribution in [3.8, 4) is 11.1 Å². The molecule has 0 saturated carbocycles. The van der Waals surface area contributed by atoms with Gasteiger partial charge in [-0.3, -0.25) is 14.6 Å². The lowest BCUT2D eigenvalue weighted by Gasteiger charge is -2.19. The smallest absolute Gasteiger partial charge is 0.251 e. The second-order valence-corrected chi connectivity index (χ2v) is 8.18. The number of rotatable bonds is 7. The number of hydrogen-bond acceptors (Lipinski definition) is 6. The predicted molar refractivity (Wildman–Crippen MR) is 127 cm³/mol. The molecule has 188 valence electrons. The Labute approximate surface area is 205 Å². The van der Waals surface area contributed by atoms with E-state index in [0.717, 1.165) is 12.4 Å². The maximum atomic E-state index is 13.8. The monoisotopic (exact) mass is 498 g/mol. The van der Waals surface area contributed by atoms with Crippen LogP contribution in [-0.4, -0.2) is 42.6 Å². The molecule has 4 rings (SSSR count). The highest BCUT2D eigenvalue weighted by Gasteiger charge is 2.20. The van der Waals surface area contributed by atoms with Gasteiger partial charge in [-0.05, 0) is 54.9 Å². The number of likely N-dealkylation sites (N-methyl/N-ethyl adjacent to an activating group) is 1. The SMILES string of the molecule is CNC(Cc1cc(F)cc(F)c1)c1ncccc1-c1ccc(F)c(C(N)=O)c1.O=CC1CC(=O)CN1. The molecule has 0 spiro atoms. The zero-order chi connectivity index (χ0) is 26.2. The molecule has 1 aliphatic rings. The van der Waals surface area contributed by atoms with Crippen LogP contribution < -0.4 is 16.4 Å². The first-order valence-corrected chi connectivity index (χ1v) is 11.1. The van der Waals surface area contributed by atoms with E-state index in [4.69, 9.17) is 5.73 Å². The molecule has 3 aromatic rings. The quantitative estimate of drug-likeness (QED) is 0.432. The fourth-order valence-electron chi connectivity index (χ4n) is 3.85. The van der Waals surface area contributed by atoms with Gasteiger partial charge in [-0.15, -0.1) is 0 Å². The highest BCUT2D eigenvalue weighted by molar-refractivity contribution is 5.94. The third-order valence-corrected chi connectivity index (χ3v) is 5.60. The van der Waals surface area contributed by atoms with Crippen LogP contribution in [0.15, 0.2) is 54.7 Å². The number of nitrogens with two attached hydrogens (primary N) is 1. The summed E-state index contributed by atoms with van der Waals surface area (Å²) in [6, 6.07) is 10.3. The third-order valence-electron chi connectivity index (χ3n) is 5.60. The van der Waals surface area contributed by atoms with E-state index >= 15 is 0 Å². The van der Waals surface area contributed by atoms with Crippen molar-refractivity contribution in [2.45, 2.75) is 24.9 Å². The number of primary amides is 1. The van der Waals surface area contributed by atoms with Crippen LogP contribution in [0.1, 0.15) is 34.1 Å². The van der Waals surface area contributed by atoms with Gasteiger partial charge in [0.2, 0.25) is 0 Å². The first-order chi connectivity index (χ1) is 17.2. The highest BCUT2D eigenvalue weighted by atomic mass is 19.1. The Hall–Kier alpha value is -3.89. The molecule has 0 bridgehead atoms. The van der Waals surface area contributed by atoms with Gasteiger partial charge >= 0.3 is 0 Å². The van der Waals surface area contributed by atoms with Crippen molar-refractivity contribution in [1.29, 1.82) is 0 Å². The Bertz CT molecular complexity index is 1250. The summed E-state index contributed by atoms with van der Waals surface area (Å²) in [5.41, 5.74) is 7.29. The number of halogens is 3. The van der Waals surface area contributed by atoms with Crippen LogP contribution in [-0.2, 0) is 16.0 Å². The van der Waals surface area contributed by atoms with Crippen LogP contribution >= 0.6 is 0 Å². The van der Waals surface area contributed by atoms with Crippen LogP contribution in [0.4, 0.5) is 13.2 Å². The van der Waals surface area contributed by atoms with Crippen LogP contribution in [0, 0.1) is 17.5 Å². The van der Waals surface area contributed by atoms with Crippen molar-refractivity contribution in [3.63, 3.8) is 0 Å². The molecule has 1 aromatic heterocycles. The molecular formula is C26H25F3N4O3. The predicted octanol–water partition coefficient (Wildman–Crippen LogP) is 2.88. The van der Waals surface area contributed by atoms with Gasteiger partial charge in [0, 0.05) is 24.2 Å². The number of carbonyl (C=O) groups is 3. The molecule has 1 fully saturated rings. The van der Waals surface area contributed by atoms with E-state index in [0.29, 0.717) is 35.3 Å². The van der Waals surface area contributed by atoms with Gasteiger partial charge in [0.05, 0.1) is 29.9 Å². The Morgan fingerprint density at radius 2 is 1.92 bits per heavy atom. The van der Waals surface area contributed by atoms with E-state index in [1.165, 1.54) is 30.3 Å². The number of aromatic nitrogens is 1. The lowest BCUT2D eigenvalue weighted by atomic mass is 9.94. The van der Waals surface area contributed by atoms with Gasteiger partial charge < -0.3 is 21.2 Å². The number of pyridine rings is 1. The first kappa shape index (κ1) is 26.7. The van der Waals surface area contributed by atoms with Crippen molar-refractivity contribution >= 4 is 18.0 Å². The van der Waals surface area contributed by atoms with Crippen LogP contribution in [0.2, 0.25) is 0 Å². The van der Waals surface area contributed by atoms with Crippen molar-refractivity contribution in [2.24, 2.45) is 5.73 Å². The summed E-state index contributed by atoms with van der Waals surface area (Å²) in [7, 11) is 1.71. The lowest BCUT2D eigenvalue weighted by molar-refractivity contribution is -0.117. The second kappa shape index (κ2) is 12.2. The number of carbonyl (C=O) groups excluding carboxylic acids is 3. The molecule has 0 radical (unpaired) electrons. The third kappa shape index (κ3) is 6.83. The second-order valence-electron chi connectivity index (χ2n) is 8.18. The van der Waals surface area contributed by atoms with Crippen molar-refractivity contribution in [2.75, 3.05) is 13.6 Å². The summed E-state index contributed by atoms with van der Waals surface area (Å²) >= 11 is 0. The van der Waals surface area contributed by atoms with Gasteiger partial charge in [-0.25, -0.2) is 13.2 Å². The number of amides is 1. The maximum absolute atomic E-state index is 13.8. The minimum atomic E-state index is -0.870. The standard InChI is InChI=1S/C21H18F3N3O.C5H7NO2/c1-26-19(9-12-7-14(22)11-15(23)8-12)20-16(3-2-6-27-20)13-4-5-18(24)17(10-13)21(25)28;7-3-4-1-5(8)2-6-4/h2-8,10-11,19,26H,9H2,1H3,(H2,25,28);3-4,6H,1-2H2. The van der Waals surface area contributed by atoms with Gasteiger partial charge in [0.25, 0.3) is 5.91 Å². The lowest BCUT2D eigenvalue weighted by Crippen LogP contribution is -2.22. The number of nitrogens with one attached hydrogen (secondary N) is 2. The molecule has 2 atom stereocenters. The molecule has 1 aliphatic heterocycles. The van der Waals surface area contributed by atoms with Crippen molar-refractivity contribution < 1.29 is 27.6 Å². The number of Topliss-reactive ketones (excluding diaryl/α,β-unsaturated/α-hetero) is 1. The molecule has 0 aliphatic carbocycles. The average Bonchev–Trinajstić information content (AvgIpc) is 3.28. The summed E-state index contributed by atoms with van der Waals surface area (Å²) in [6.07, 6.45) is 3.02. The molecule has 7 nitrogen and oxygen atoms in total. The Morgan fingerprint density at radius 1 is 1.19 bits per heavy atom. The first-order valence-electron chi connectivity index (χ1n) is 11.1. The summed E-state index contributed by atoms with van der Waals surface area (Å²) in [6.45, 7) is 0.364. The zero-order valence-corrected chi connectivity index (χ0v) is 19.4. The summed E-state index contributed by atoms with van der Waals surface area (Å²) < 4.78 is 40.9. The number of aldehydes is 1. The Morgan fingerprint density at radius 3 is 2.47 bits per heavy atom. The normalized spacial score (nSPS) is 15.7. The number of ketones is 1. The number of nitrogens with zero attached hydrogens (tertiary/aromatic N) is 1. The molecule has 1 amide bonds. The summed E-state index contributed by atoms with van der Waals surface area (Å²) in [5, 5.41) is 5.83. The van der Waals surface area contributed by atoms with Crippen LogP contribution in [0.5, 0.6) is 0 Å². The average molecular weight is 499 g/mol. The molecule has 2 aromatic carbocycles. The molecule has 2 unspecified atom stereocenters. The van der Waals surface area contributed by atoms with Gasteiger partial charge in [0.15, 0.2) is 0 Å². The fraction of sp³-hybridized carbons (Fsp3) is 0.231. The topological polar surface area (TPSA) is 114 Å². The van der Waals surface area contributed by atoms with E-state index < -0.39 is 23.4 Å². The molecule has 36 heavy (non-hydrogen) atoms. The van der Waals surface area contributed by atoms with Gasteiger partial charge in [-0.1, -0.05) is 12.1 Å². The van der Waals surface area contributed by atoms with Crippen molar-refractivity contribution in [3.05, 3.63) is 89.0 Å². The number of benzene rings is 2. The fourth-order valence-corrected chi connectivity index (χ4v) is 3.85. The van der Waals surface area contributed by atoms with E-state index in [9.17, 15) is 27.6 Å². The van der Waals surface area contributed by atoms with E-state index in [2.05, 4.69) is 15.6 Å². The minimum absolute atomic E-state index is 0.127. The highest BCUT2D eigenvalue weighted by Crippen LogP contribution is 2.30. The molecular weight excluding hydrogens is 473 g/mol. The Balaban J connectivity index is 0.000000383. The zero-order valence-electron chi connectivity index (χ0n) is 19.4. The summed E-state index contributed by atoms with van der Waals surface area (Å²) in [4.78, 5) is 36.2. The molecule has 1 saturated heterocycles. The van der Waals surface area contributed by atoms with Crippen LogP contribution in [0.25, 0.3) is 11.1 Å². The largest absolute Gasteiger partial charge is 0.366 e. The minimum Gasteiger partial charge on any atom is -0.366 e. The Kier molecular flexibility index (Phi) is 9.04. The summed E-state index contributed by atoms with van der Waals surface area (Å²) in [5.74, 6) is -2.76. The van der Waals surface area contributed by atoms with E-state index in [1.54, 1.807) is 25.4 Å². The van der Waals surface area contributed by atoms with Crippen molar-refractivity contribution in [1.82, 2.24) is 15.6 Å².